The molecule has 0 amide bonds. The molecule has 0 aliphatic heterocycles. The van der Waals surface area contributed by atoms with Gasteiger partial charge in [0, 0.05) is 17.3 Å². The third-order valence-electron chi connectivity index (χ3n) is 4.35. The van der Waals surface area contributed by atoms with Crippen molar-refractivity contribution in [2.75, 3.05) is 0 Å². The van der Waals surface area contributed by atoms with Crippen molar-refractivity contribution in [3.05, 3.63) is 82.9 Å². The molecule has 10 heteroatoms. The second-order valence-corrected chi connectivity index (χ2v) is 6.72. The molecule has 0 unspecified atom stereocenters. The van der Waals surface area contributed by atoms with Gasteiger partial charge in [0.1, 0.15) is 5.82 Å². The molecular formula is C22H13F7N2O. The maximum Gasteiger partial charge on any atom is 0.416 e. The highest BCUT2D eigenvalue weighted by Gasteiger charge is 2.37. The fourth-order valence-corrected chi connectivity index (χ4v) is 2.84. The van der Waals surface area contributed by atoms with E-state index < -0.39 is 46.5 Å². The van der Waals surface area contributed by atoms with Gasteiger partial charge in [0.15, 0.2) is 11.6 Å². The van der Waals surface area contributed by atoms with E-state index in [1.165, 1.54) is 31.2 Å². The molecule has 2 aromatic carbocycles. The molecule has 0 fully saturated rings. The molecule has 0 aliphatic rings. The maximum absolute atomic E-state index is 13.2. The molecule has 3 rings (SSSR count). The van der Waals surface area contributed by atoms with Gasteiger partial charge in [-0.2, -0.15) is 26.3 Å². The van der Waals surface area contributed by atoms with Crippen LogP contribution in [0.2, 0.25) is 0 Å². The van der Waals surface area contributed by atoms with Crippen LogP contribution in [0.25, 0.3) is 23.0 Å². The molecule has 0 saturated heterocycles. The van der Waals surface area contributed by atoms with E-state index in [-0.39, 0.29) is 17.3 Å². The zero-order valence-electron chi connectivity index (χ0n) is 16.2. The third-order valence-corrected chi connectivity index (χ3v) is 4.35. The second kappa shape index (κ2) is 8.52. The van der Waals surface area contributed by atoms with Gasteiger partial charge < -0.3 is 0 Å². The van der Waals surface area contributed by atoms with E-state index in [0.29, 0.717) is 17.7 Å². The summed E-state index contributed by atoms with van der Waals surface area (Å²) in [7, 11) is 0. The first-order chi connectivity index (χ1) is 14.8. The van der Waals surface area contributed by atoms with Gasteiger partial charge in [-0.1, -0.05) is 12.1 Å². The Morgan fingerprint density at radius 2 is 1.44 bits per heavy atom. The minimum Gasteiger partial charge on any atom is -0.294 e. The molecule has 1 heterocycles. The number of ketones is 1. The lowest BCUT2D eigenvalue weighted by molar-refractivity contribution is -0.143. The summed E-state index contributed by atoms with van der Waals surface area (Å²) in [5.74, 6) is -1.32. The number of alkyl halides is 6. The van der Waals surface area contributed by atoms with Crippen LogP contribution in [-0.2, 0) is 17.1 Å². The van der Waals surface area contributed by atoms with E-state index in [1.807, 2.05) is 0 Å². The number of carbonyl (C=O) groups is 1. The van der Waals surface area contributed by atoms with Crippen LogP contribution in [0.3, 0.4) is 0 Å². The van der Waals surface area contributed by atoms with Gasteiger partial charge in [0.25, 0.3) is 0 Å². The predicted octanol–water partition coefficient (Wildman–Crippen LogP) is 6.45. The number of Topliss-reactive ketones (excluding diaryl/α,β-unsaturated/α-hetero) is 1. The molecule has 1 aromatic heterocycles. The van der Waals surface area contributed by atoms with Crippen molar-refractivity contribution < 1.29 is 35.5 Å². The van der Waals surface area contributed by atoms with E-state index in [0.717, 1.165) is 18.3 Å². The van der Waals surface area contributed by atoms with E-state index >= 15 is 0 Å². The Balaban J connectivity index is 2.12. The third kappa shape index (κ3) is 5.37. The van der Waals surface area contributed by atoms with Crippen molar-refractivity contribution in [1.29, 1.82) is 0 Å². The first-order valence-corrected chi connectivity index (χ1v) is 8.96. The molecule has 0 atom stereocenters. The fraction of sp³-hybridized carbons (Fsp3) is 0.136. The first-order valence-electron chi connectivity index (χ1n) is 8.96. The number of nitrogens with zero attached hydrogens (tertiary/aromatic N) is 2. The summed E-state index contributed by atoms with van der Waals surface area (Å²) in [5, 5.41) is 0. The number of halogens is 7. The quantitative estimate of drug-likeness (QED) is 0.336. The van der Waals surface area contributed by atoms with Crippen LogP contribution in [0, 0.1) is 5.82 Å². The number of allylic oxidation sites excluding steroid dienone is 1. The number of benzene rings is 2. The van der Waals surface area contributed by atoms with Crippen LogP contribution < -0.4 is 0 Å². The highest BCUT2D eigenvalue weighted by molar-refractivity contribution is 6.24. The zero-order chi connectivity index (χ0) is 23.7. The smallest absolute Gasteiger partial charge is 0.294 e. The average molecular weight is 454 g/mol. The number of aromatic nitrogens is 2. The summed E-state index contributed by atoms with van der Waals surface area (Å²) in [6, 6.07) is 7.36. The number of hydrogen-bond donors (Lipinski definition) is 0. The largest absolute Gasteiger partial charge is 0.416 e. The van der Waals surface area contributed by atoms with Crippen molar-refractivity contribution in [2.45, 2.75) is 19.3 Å². The molecule has 0 spiro atoms. The molecule has 0 radical (unpaired) electrons. The predicted molar refractivity (Wildman–Crippen MR) is 102 cm³/mol. The van der Waals surface area contributed by atoms with E-state index in [9.17, 15) is 35.5 Å². The van der Waals surface area contributed by atoms with Gasteiger partial charge in [-0.25, -0.2) is 14.4 Å². The van der Waals surface area contributed by atoms with Crippen molar-refractivity contribution in [3.8, 4) is 11.4 Å². The minimum atomic E-state index is -5.02. The summed E-state index contributed by atoms with van der Waals surface area (Å²) in [4.78, 5) is 19.8. The van der Waals surface area contributed by atoms with Crippen molar-refractivity contribution in [2.24, 2.45) is 0 Å². The van der Waals surface area contributed by atoms with Crippen LogP contribution in [0.1, 0.15) is 29.3 Å². The number of hydrogen-bond acceptors (Lipinski definition) is 3. The van der Waals surface area contributed by atoms with Gasteiger partial charge in [-0.05, 0) is 55.0 Å². The minimum absolute atomic E-state index is 0.00957. The van der Waals surface area contributed by atoms with Crippen molar-refractivity contribution in [3.63, 3.8) is 0 Å². The molecule has 0 saturated carbocycles. The van der Waals surface area contributed by atoms with Crippen LogP contribution in [0.15, 0.2) is 54.7 Å². The normalized spacial score (nSPS) is 12.7. The summed E-state index contributed by atoms with van der Waals surface area (Å²) in [5.41, 5.74) is -2.94. The molecular weight excluding hydrogens is 441 g/mol. The second-order valence-electron chi connectivity index (χ2n) is 6.72. The zero-order valence-corrected chi connectivity index (χ0v) is 16.2. The Hall–Kier alpha value is -3.56. The lowest BCUT2D eigenvalue weighted by Crippen LogP contribution is -2.11. The molecule has 0 aliphatic carbocycles. The lowest BCUT2D eigenvalue weighted by atomic mass is 10.0. The summed E-state index contributed by atoms with van der Waals surface area (Å²) >= 11 is 0. The Kier molecular flexibility index (Phi) is 6.16. The fourth-order valence-electron chi connectivity index (χ4n) is 2.84. The molecule has 166 valence electrons. The van der Waals surface area contributed by atoms with Crippen molar-refractivity contribution >= 4 is 17.4 Å². The van der Waals surface area contributed by atoms with Gasteiger partial charge in [-0.15, -0.1) is 0 Å². The summed E-state index contributed by atoms with van der Waals surface area (Å²) in [6.07, 6.45) is -7.60. The highest BCUT2D eigenvalue weighted by atomic mass is 19.4. The Morgan fingerprint density at radius 1 is 0.875 bits per heavy atom. The lowest BCUT2D eigenvalue weighted by Gasteiger charge is -2.14. The standard InChI is InChI=1S/C22H13F7N2O/c1-12(32)19(13-2-4-17(23)5-3-13)11-18-6-7-30-20(31-18)14-8-15(21(24,25)26)10-16(9-14)22(27,28)29/h2-11H,1H3/b19-11-. The van der Waals surface area contributed by atoms with Gasteiger partial charge in [-0.3, -0.25) is 4.79 Å². The average Bonchev–Trinajstić information content (AvgIpc) is 2.71. The van der Waals surface area contributed by atoms with Crippen LogP contribution >= 0.6 is 0 Å². The molecule has 0 N–H and O–H groups in total. The van der Waals surface area contributed by atoms with Gasteiger partial charge in [0.05, 0.1) is 16.8 Å². The molecule has 32 heavy (non-hydrogen) atoms. The van der Waals surface area contributed by atoms with Gasteiger partial charge >= 0.3 is 12.4 Å². The SMILES string of the molecule is CC(=O)/C(=C/c1ccnc(-c2cc(C(F)(F)F)cc(C(F)(F)F)c2)n1)c1ccc(F)cc1. The Bertz CT molecular complexity index is 1150. The summed E-state index contributed by atoms with van der Waals surface area (Å²) in [6.45, 7) is 1.25. The first kappa shape index (κ1) is 23.1. The maximum atomic E-state index is 13.2. The topological polar surface area (TPSA) is 42.9 Å². The van der Waals surface area contributed by atoms with Crippen molar-refractivity contribution in [1.82, 2.24) is 9.97 Å². The molecule has 3 aromatic rings. The number of rotatable bonds is 4. The summed E-state index contributed by atoms with van der Waals surface area (Å²) < 4.78 is 91.9. The van der Waals surface area contributed by atoms with Crippen LogP contribution in [0.4, 0.5) is 30.7 Å². The molecule has 3 nitrogen and oxygen atoms in total. The van der Waals surface area contributed by atoms with E-state index in [1.54, 1.807) is 0 Å². The number of carbonyl (C=O) groups excluding carboxylic acids is 1. The molecule has 0 bridgehead atoms. The van der Waals surface area contributed by atoms with E-state index in [4.69, 9.17) is 0 Å². The monoisotopic (exact) mass is 454 g/mol. The Labute approximate surface area is 177 Å². The van der Waals surface area contributed by atoms with E-state index in [2.05, 4.69) is 9.97 Å². The highest BCUT2D eigenvalue weighted by Crippen LogP contribution is 2.38. The van der Waals surface area contributed by atoms with Gasteiger partial charge in [0.2, 0.25) is 0 Å². The van der Waals surface area contributed by atoms with Crippen LogP contribution in [0.5, 0.6) is 0 Å². The van der Waals surface area contributed by atoms with Crippen LogP contribution in [-0.4, -0.2) is 15.8 Å². The Morgan fingerprint density at radius 3 is 1.94 bits per heavy atom.